The lowest BCUT2D eigenvalue weighted by Gasteiger charge is -2.36. The number of halogens is 6. The molecule has 1 atom stereocenters. The van der Waals surface area contributed by atoms with Gasteiger partial charge in [-0.1, -0.05) is 0 Å². The van der Waals surface area contributed by atoms with E-state index in [0.29, 0.717) is 0 Å². The lowest BCUT2D eigenvalue weighted by molar-refractivity contribution is -0.187. The maximum atomic E-state index is 14.2. The quantitative estimate of drug-likeness (QED) is 0.535. The number of hydrogen-bond acceptors (Lipinski definition) is 5. The maximum Gasteiger partial charge on any atom is 0.422 e. The highest BCUT2D eigenvalue weighted by Crippen LogP contribution is 2.46. The van der Waals surface area contributed by atoms with Crippen molar-refractivity contribution >= 4 is 33.4 Å². The largest absolute Gasteiger partial charge is 0.422 e. The number of aromatic nitrogens is 2. The molecule has 1 aliphatic rings. The van der Waals surface area contributed by atoms with Gasteiger partial charge in [-0.3, -0.25) is 4.79 Å². The summed E-state index contributed by atoms with van der Waals surface area (Å²) in [6, 6.07) is 2.01. The van der Waals surface area contributed by atoms with Crippen LogP contribution in [-0.4, -0.2) is 21.4 Å². The van der Waals surface area contributed by atoms with Crippen molar-refractivity contribution in [2.75, 3.05) is 0 Å². The molecule has 0 bridgehead atoms. The number of rotatable bonds is 3. The second kappa shape index (κ2) is 6.68. The molecule has 0 saturated heterocycles. The Morgan fingerprint density at radius 2 is 2.00 bits per heavy atom. The maximum absolute atomic E-state index is 14.2. The van der Waals surface area contributed by atoms with E-state index in [1.165, 1.54) is 6.08 Å². The predicted octanol–water partition coefficient (Wildman–Crippen LogP) is 3.53. The Balaban J connectivity index is 2.22. The van der Waals surface area contributed by atoms with Crippen LogP contribution < -0.4 is 11.1 Å². The van der Waals surface area contributed by atoms with Crippen molar-refractivity contribution in [3.05, 3.63) is 57.2 Å². The number of nitrogens with one attached hydrogen (secondary N) is 1. The normalized spacial score (nSPS) is 19.6. The van der Waals surface area contributed by atoms with Crippen LogP contribution in [0.3, 0.4) is 0 Å². The van der Waals surface area contributed by atoms with Gasteiger partial charge in [0.1, 0.15) is 5.82 Å². The number of carbonyl (C=O) groups excluding carboxylic acids is 1. The number of dihydropyridines is 1. The van der Waals surface area contributed by atoms with Gasteiger partial charge in [0, 0.05) is 0 Å². The fraction of sp³-hybridized carbons (Fsp3) is 0.133. The highest BCUT2D eigenvalue weighted by Gasteiger charge is 2.62. The summed E-state index contributed by atoms with van der Waals surface area (Å²) < 4.78 is 73.7. The number of hydrogen-bond donors (Lipinski definition) is 2. The molecule has 2 aromatic rings. The van der Waals surface area contributed by atoms with Gasteiger partial charge in [0.25, 0.3) is 0 Å². The zero-order valence-electron chi connectivity index (χ0n) is 12.9. The molecule has 0 saturated carbocycles. The van der Waals surface area contributed by atoms with Crippen LogP contribution in [0.25, 0.3) is 11.4 Å². The summed E-state index contributed by atoms with van der Waals surface area (Å²) in [6.45, 7) is 0. The fourth-order valence-electron chi connectivity index (χ4n) is 2.53. The molecule has 3 N–H and O–H groups in total. The van der Waals surface area contributed by atoms with Crippen molar-refractivity contribution < 1.29 is 26.7 Å². The van der Waals surface area contributed by atoms with Gasteiger partial charge >= 0.3 is 6.18 Å². The molecule has 12 heteroatoms. The number of alkyl halides is 3. The van der Waals surface area contributed by atoms with Crippen molar-refractivity contribution in [2.24, 2.45) is 5.73 Å². The zero-order valence-corrected chi connectivity index (χ0v) is 15.3. The minimum Gasteiger partial charge on any atom is -0.368 e. The van der Waals surface area contributed by atoms with Crippen LogP contribution in [0.15, 0.2) is 40.5 Å². The van der Waals surface area contributed by atoms with Crippen LogP contribution in [0.2, 0.25) is 0 Å². The van der Waals surface area contributed by atoms with Crippen molar-refractivity contribution in [2.45, 2.75) is 11.7 Å². The number of allylic oxidation sites excluding steroid dienone is 2. The van der Waals surface area contributed by atoms with Crippen LogP contribution in [-0.2, 0) is 10.3 Å². The van der Waals surface area contributed by atoms with Crippen LogP contribution in [0.5, 0.6) is 0 Å². The molecular formula is C15H8BrF5N4OS. The highest BCUT2D eigenvalue weighted by atomic mass is 79.9. The van der Waals surface area contributed by atoms with E-state index in [1.807, 2.05) is 0 Å². The Morgan fingerprint density at radius 3 is 2.63 bits per heavy atom. The van der Waals surface area contributed by atoms with Crippen LogP contribution >= 0.6 is 27.5 Å². The van der Waals surface area contributed by atoms with Gasteiger partial charge in [-0.15, -0.1) is 0 Å². The number of nitrogens with zero attached hydrogens (tertiary/aromatic N) is 2. The van der Waals surface area contributed by atoms with E-state index in [9.17, 15) is 26.7 Å². The van der Waals surface area contributed by atoms with Crippen LogP contribution in [0.1, 0.15) is 5.01 Å². The first kappa shape index (κ1) is 19.4. The lowest BCUT2D eigenvalue weighted by Crippen LogP contribution is -2.56. The van der Waals surface area contributed by atoms with Gasteiger partial charge in [0.2, 0.25) is 11.4 Å². The first-order chi connectivity index (χ1) is 12.6. The summed E-state index contributed by atoms with van der Waals surface area (Å²) in [5, 5.41) is 1.32. The minimum atomic E-state index is -5.05. The van der Waals surface area contributed by atoms with E-state index in [0.717, 1.165) is 24.4 Å². The molecule has 1 aromatic heterocycles. The third-order valence-electron chi connectivity index (χ3n) is 3.77. The van der Waals surface area contributed by atoms with Gasteiger partial charge < -0.3 is 11.1 Å². The first-order valence-corrected chi connectivity index (χ1v) is 8.66. The number of amides is 1. The first-order valence-electron chi connectivity index (χ1n) is 7.09. The molecular weight excluding hydrogens is 459 g/mol. The van der Waals surface area contributed by atoms with Gasteiger partial charge in [0.15, 0.2) is 16.6 Å². The van der Waals surface area contributed by atoms with E-state index in [1.54, 1.807) is 0 Å². The third kappa shape index (κ3) is 3.02. The standard InChI is InChI=1S/C15H8BrF5N4OS/c16-7-3-4-8(17)9(10(7)18)12-24-13(27-25-12)14(15(19,20)21)6(11(22)26)2-1-5-23-14/h1-5,23H,(H2,22,26). The molecule has 2 heterocycles. The summed E-state index contributed by atoms with van der Waals surface area (Å²) in [5.41, 5.74) is 0.513. The average Bonchev–Trinajstić information content (AvgIpc) is 3.07. The van der Waals surface area contributed by atoms with Crippen molar-refractivity contribution in [1.82, 2.24) is 14.7 Å². The summed E-state index contributed by atoms with van der Waals surface area (Å²) in [7, 11) is 0. The molecule has 142 valence electrons. The second-order valence-electron chi connectivity index (χ2n) is 5.34. The Kier molecular flexibility index (Phi) is 4.80. The SMILES string of the molecule is NC(=O)C1=CC=CNC1(c1nc(-c2c(F)ccc(Br)c2F)ns1)C(F)(F)F. The Hall–Kier alpha value is -2.34. The number of carbonyl (C=O) groups is 1. The van der Waals surface area contributed by atoms with Gasteiger partial charge in [-0.05, 0) is 57.9 Å². The lowest BCUT2D eigenvalue weighted by atomic mass is 9.86. The van der Waals surface area contributed by atoms with Crippen molar-refractivity contribution in [3.8, 4) is 11.4 Å². The molecule has 5 nitrogen and oxygen atoms in total. The number of nitrogens with two attached hydrogens (primary N) is 1. The molecule has 1 aromatic carbocycles. The summed E-state index contributed by atoms with van der Waals surface area (Å²) in [4.78, 5) is 15.3. The van der Waals surface area contributed by atoms with Crippen LogP contribution in [0.4, 0.5) is 22.0 Å². The molecule has 3 rings (SSSR count). The van der Waals surface area contributed by atoms with E-state index in [-0.39, 0.29) is 16.0 Å². The summed E-state index contributed by atoms with van der Waals surface area (Å²) in [5.74, 6) is -4.04. The van der Waals surface area contributed by atoms with E-state index >= 15 is 0 Å². The van der Waals surface area contributed by atoms with E-state index in [2.05, 4.69) is 30.6 Å². The molecule has 0 aliphatic carbocycles. The average molecular weight is 467 g/mol. The second-order valence-corrected chi connectivity index (χ2v) is 6.94. The summed E-state index contributed by atoms with van der Waals surface area (Å²) in [6.07, 6.45) is -2.03. The Labute approximate surface area is 161 Å². The highest BCUT2D eigenvalue weighted by molar-refractivity contribution is 9.10. The molecule has 0 radical (unpaired) electrons. The van der Waals surface area contributed by atoms with Crippen molar-refractivity contribution in [3.63, 3.8) is 0 Å². The molecule has 0 spiro atoms. The van der Waals surface area contributed by atoms with E-state index in [4.69, 9.17) is 5.73 Å². The Morgan fingerprint density at radius 1 is 1.30 bits per heavy atom. The third-order valence-corrected chi connectivity index (χ3v) is 5.22. The van der Waals surface area contributed by atoms with Crippen molar-refractivity contribution in [1.29, 1.82) is 0 Å². The minimum absolute atomic E-state index is 0.114. The monoisotopic (exact) mass is 466 g/mol. The van der Waals surface area contributed by atoms with Gasteiger partial charge in [0.05, 0.1) is 15.6 Å². The zero-order chi connectivity index (χ0) is 20.0. The van der Waals surface area contributed by atoms with Gasteiger partial charge in [-0.25, -0.2) is 13.8 Å². The molecule has 27 heavy (non-hydrogen) atoms. The van der Waals surface area contributed by atoms with Crippen LogP contribution in [0, 0.1) is 11.6 Å². The van der Waals surface area contributed by atoms with Gasteiger partial charge in [-0.2, -0.15) is 17.5 Å². The molecule has 1 unspecified atom stereocenters. The number of benzene rings is 1. The smallest absolute Gasteiger partial charge is 0.368 e. The number of primary amides is 1. The molecule has 0 fully saturated rings. The molecule has 1 amide bonds. The molecule has 1 aliphatic heterocycles. The Bertz CT molecular complexity index is 987. The topological polar surface area (TPSA) is 80.9 Å². The fourth-order valence-corrected chi connectivity index (χ4v) is 3.71. The van der Waals surface area contributed by atoms with E-state index < -0.39 is 51.2 Å². The summed E-state index contributed by atoms with van der Waals surface area (Å²) >= 11 is 3.11. The predicted molar refractivity (Wildman–Crippen MR) is 90.2 cm³/mol.